The largest absolute Gasteiger partial charge is 0.450 e. The Bertz CT molecular complexity index is 771. The van der Waals surface area contributed by atoms with Crippen molar-refractivity contribution in [3.8, 4) is 0 Å². The number of hydrogen-bond acceptors (Lipinski definition) is 16. The third-order valence-corrected chi connectivity index (χ3v) is 6.67. The molecule has 0 spiro atoms. The summed E-state index contributed by atoms with van der Waals surface area (Å²) < 4.78 is 32.8. The van der Waals surface area contributed by atoms with Gasteiger partial charge in [-0.2, -0.15) is 0 Å². The number of aliphatic imine (C=N–C) groups is 1. The summed E-state index contributed by atoms with van der Waals surface area (Å²) in [5, 5.41) is 90.8. The van der Waals surface area contributed by atoms with Gasteiger partial charge in [0, 0.05) is 6.92 Å². The van der Waals surface area contributed by atoms with Crippen LogP contribution in [0, 0.1) is 0 Å². The van der Waals surface area contributed by atoms with Crippen molar-refractivity contribution in [2.45, 2.75) is 99.0 Å². The fourth-order valence-corrected chi connectivity index (χ4v) is 4.58. The number of rotatable bonds is 7. The first-order valence-electron chi connectivity index (χ1n) is 11.5. The lowest BCUT2D eigenvalue weighted by Gasteiger charge is -2.45. The third kappa shape index (κ3) is 5.25. The lowest BCUT2D eigenvalue weighted by molar-refractivity contribution is -0.352. The maximum atomic E-state index is 10.8. The van der Waals surface area contributed by atoms with Gasteiger partial charge in [0.25, 0.3) is 0 Å². The molecule has 4 rings (SSSR count). The molecule has 0 aliphatic carbocycles. The number of aliphatic hydroxyl groups is 9. The van der Waals surface area contributed by atoms with E-state index in [1.165, 1.54) is 0 Å². The van der Waals surface area contributed by atoms with Crippen LogP contribution in [0.5, 0.6) is 0 Å². The Balaban J connectivity index is 1.42. The van der Waals surface area contributed by atoms with E-state index in [4.69, 9.17) is 28.4 Å². The van der Waals surface area contributed by atoms with Gasteiger partial charge in [-0.05, 0) is 0 Å². The van der Waals surface area contributed by atoms with Crippen LogP contribution in [0.25, 0.3) is 0 Å². The van der Waals surface area contributed by atoms with Crippen molar-refractivity contribution >= 4 is 5.90 Å². The molecular formula is C20H33NO15. The van der Waals surface area contributed by atoms with Crippen molar-refractivity contribution in [1.29, 1.82) is 0 Å². The van der Waals surface area contributed by atoms with E-state index < -0.39 is 112 Å². The highest BCUT2D eigenvalue weighted by atomic mass is 16.8. The highest BCUT2D eigenvalue weighted by Gasteiger charge is 2.53. The Labute approximate surface area is 204 Å². The van der Waals surface area contributed by atoms with Gasteiger partial charge in [0.2, 0.25) is 6.29 Å². The van der Waals surface area contributed by atoms with E-state index in [0.29, 0.717) is 0 Å². The summed E-state index contributed by atoms with van der Waals surface area (Å²) in [6.07, 6.45) is -20.7. The second-order valence-electron chi connectivity index (χ2n) is 9.12. The van der Waals surface area contributed by atoms with E-state index >= 15 is 0 Å². The van der Waals surface area contributed by atoms with Crippen molar-refractivity contribution in [3.63, 3.8) is 0 Å². The first kappa shape index (κ1) is 27.9. The lowest BCUT2D eigenvalue weighted by Crippen LogP contribution is -2.64. The first-order chi connectivity index (χ1) is 17.1. The SMILES string of the molecule is CC1=N[C@H]2[C@@H](O1)O[C@H](CO)[C@@H](O[C@@H]1O[C@H](CO[C@H]3O[C@H](CO)[C@@H](O)[C@H](O)[C@@H]3O)[C@@H](O)[C@H](O)[C@@H]1O)[C@@H]2O. The molecule has 9 N–H and O–H groups in total. The van der Waals surface area contributed by atoms with Gasteiger partial charge in [-0.25, -0.2) is 4.99 Å². The Morgan fingerprint density at radius 2 is 1.28 bits per heavy atom. The highest BCUT2D eigenvalue weighted by molar-refractivity contribution is 5.75. The predicted molar refractivity (Wildman–Crippen MR) is 111 cm³/mol. The molecular weight excluding hydrogens is 494 g/mol. The molecule has 0 unspecified atom stereocenters. The smallest absolute Gasteiger partial charge is 0.227 e. The zero-order valence-electron chi connectivity index (χ0n) is 19.2. The Morgan fingerprint density at radius 1 is 0.694 bits per heavy atom. The van der Waals surface area contributed by atoms with Crippen LogP contribution >= 0.6 is 0 Å². The van der Waals surface area contributed by atoms with E-state index in [2.05, 4.69) is 4.99 Å². The molecule has 0 aromatic rings. The van der Waals surface area contributed by atoms with Crippen molar-refractivity contribution < 1.29 is 74.4 Å². The summed E-state index contributed by atoms with van der Waals surface area (Å²) in [5.74, 6) is 0.263. The summed E-state index contributed by atoms with van der Waals surface area (Å²) in [7, 11) is 0. The lowest BCUT2D eigenvalue weighted by atomic mass is 9.96. The molecule has 0 amide bonds. The third-order valence-electron chi connectivity index (χ3n) is 6.67. The molecule has 16 heteroatoms. The molecule has 0 saturated carbocycles. The Kier molecular flexibility index (Phi) is 8.80. The van der Waals surface area contributed by atoms with E-state index in [1.807, 2.05) is 0 Å². The van der Waals surface area contributed by atoms with Gasteiger partial charge in [-0.3, -0.25) is 0 Å². The molecule has 16 nitrogen and oxygen atoms in total. The number of ether oxygens (including phenoxy) is 6. The minimum Gasteiger partial charge on any atom is -0.450 e. The van der Waals surface area contributed by atoms with Crippen LogP contribution in [0.1, 0.15) is 6.92 Å². The molecule has 3 saturated heterocycles. The highest BCUT2D eigenvalue weighted by Crippen LogP contribution is 2.33. The monoisotopic (exact) mass is 527 g/mol. The molecule has 36 heavy (non-hydrogen) atoms. The summed E-state index contributed by atoms with van der Waals surface area (Å²) in [6, 6.07) is -0.876. The van der Waals surface area contributed by atoms with Crippen LogP contribution in [0.3, 0.4) is 0 Å². The van der Waals surface area contributed by atoms with Crippen LogP contribution < -0.4 is 0 Å². The maximum absolute atomic E-state index is 10.8. The zero-order chi connectivity index (χ0) is 26.3. The van der Waals surface area contributed by atoms with E-state index in [1.54, 1.807) is 6.92 Å². The van der Waals surface area contributed by atoms with Crippen molar-refractivity contribution in [3.05, 3.63) is 0 Å². The summed E-state index contributed by atoms with van der Waals surface area (Å²) >= 11 is 0. The van der Waals surface area contributed by atoms with E-state index in [9.17, 15) is 46.0 Å². The van der Waals surface area contributed by atoms with Crippen LogP contribution in [0.4, 0.5) is 0 Å². The molecule has 0 radical (unpaired) electrons. The minimum atomic E-state index is -1.79. The molecule has 0 aromatic heterocycles. The summed E-state index contributed by atoms with van der Waals surface area (Å²) in [6.45, 7) is -0.264. The summed E-state index contributed by atoms with van der Waals surface area (Å²) in [4.78, 5) is 4.13. The second kappa shape index (κ2) is 11.3. The first-order valence-corrected chi connectivity index (χ1v) is 11.5. The van der Waals surface area contributed by atoms with Gasteiger partial charge >= 0.3 is 0 Å². The van der Waals surface area contributed by atoms with Gasteiger partial charge in [-0.1, -0.05) is 0 Å². The van der Waals surface area contributed by atoms with Crippen molar-refractivity contribution in [2.75, 3.05) is 19.8 Å². The van der Waals surface area contributed by atoms with Gasteiger partial charge < -0.3 is 74.4 Å². The molecule has 4 aliphatic heterocycles. The number of fused-ring (bicyclic) bond motifs is 1. The van der Waals surface area contributed by atoms with Gasteiger partial charge in [0.15, 0.2) is 18.5 Å². The standard InChI is InChI=1S/C20H33NO15/c1-5-21-9-12(26)17(7(3-23)34-18(9)32-5)36-20-16(30)14(28)11(25)8(35-20)4-31-19-15(29)13(27)10(24)6(2-22)33-19/h6-20,22-30H,2-4H2,1H3/t6-,7-,8-,9-,10-,11-,12-,13+,14+,15+,16+,17-,18+,19+,20+/m1/s1. The topological polar surface area (TPSA) is 250 Å². The number of hydrogen-bond donors (Lipinski definition) is 9. The number of nitrogens with zero attached hydrogens (tertiary/aromatic N) is 1. The van der Waals surface area contributed by atoms with Crippen LogP contribution in [-0.2, 0) is 28.4 Å². The van der Waals surface area contributed by atoms with Gasteiger partial charge in [-0.15, -0.1) is 0 Å². The van der Waals surface area contributed by atoms with E-state index in [0.717, 1.165) is 0 Å². The maximum Gasteiger partial charge on any atom is 0.227 e. The molecule has 0 bridgehead atoms. The van der Waals surface area contributed by atoms with Crippen LogP contribution in [0.2, 0.25) is 0 Å². The van der Waals surface area contributed by atoms with E-state index in [-0.39, 0.29) is 5.90 Å². The average Bonchev–Trinajstić information content (AvgIpc) is 3.24. The van der Waals surface area contributed by atoms with Gasteiger partial charge in [0.05, 0.1) is 19.8 Å². The second-order valence-corrected chi connectivity index (χ2v) is 9.12. The summed E-state index contributed by atoms with van der Waals surface area (Å²) in [5.41, 5.74) is 0. The molecule has 15 atom stereocenters. The van der Waals surface area contributed by atoms with Crippen molar-refractivity contribution in [2.24, 2.45) is 4.99 Å². The average molecular weight is 527 g/mol. The van der Waals surface area contributed by atoms with Gasteiger partial charge in [0.1, 0.15) is 73.2 Å². The Morgan fingerprint density at radius 3 is 1.92 bits per heavy atom. The van der Waals surface area contributed by atoms with Crippen molar-refractivity contribution in [1.82, 2.24) is 0 Å². The van der Waals surface area contributed by atoms with Crippen LogP contribution in [0.15, 0.2) is 4.99 Å². The Hall–Kier alpha value is -1.09. The zero-order valence-corrected chi connectivity index (χ0v) is 19.2. The van der Waals surface area contributed by atoms with Crippen LogP contribution in [-0.4, -0.2) is 164 Å². The quantitative estimate of drug-likeness (QED) is 0.149. The predicted octanol–water partition coefficient (Wildman–Crippen LogP) is -6.11. The normalized spacial score (nSPS) is 51.4. The molecule has 0 aromatic carbocycles. The fourth-order valence-electron chi connectivity index (χ4n) is 4.58. The molecule has 3 fully saturated rings. The molecule has 4 heterocycles. The molecule has 4 aliphatic rings. The minimum absolute atomic E-state index is 0.263. The fraction of sp³-hybridized carbons (Fsp3) is 0.950. The number of aliphatic hydroxyl groups excluding tert-OH is 9. The molecule has 208 valence electrons.